The Morgan fingerprint density at radius 3 is 2.50 bits per heavy atom. The molecule has 0 radical (unpaired) electrons. The number of rotatable bonds is 8. The number of benzene rings is 1. The number of aromatic nitrogens is 2. The first kappa shape index (κ1) is 25.9. The van der Waals surface area contributed by atoms with Crippen molar-refractivity contribution in [3.63, 3.8) is 0 Å². The highest BCUT2D eigenvalue weighted by molar-refractivity contribution is 7.91. The largest absolute Gasteiger partial charge is 0.481 e. The highest BCUT2D eigenvalue weighted by Crippen LogP contribution is 2.38. The van der Waals surface area contributed by atoms with Crippen molar-refractivity contribution in [1.29, 1.82) is 0 Å². The third kappa shape index (κ3) is 5.61. The monoisotopic (exact) mass is 516 g/mol. The molecule has 11 heteroatoms. The maximum absolute atomic E-state index is 13.4. The smallest absolute Gasteiger partial charge is 0.303 e. The standard InChI is InChI=1S/C25H32N4O6S/c1-2-3-14-36(33,34)25-27-22(26)21-23(28-25)35-13-12-29(24(21)32)19-10-8-18(9-11-19)17-6-4-16(5-7-17)15-20(30)31/h8-11,16-17H,2-7,12-15H2,1H3,(H,30,31)(H2,26,27,28)/t16-,17-. The van der Waals surface area contributed by atoms with Gasteiger partial charge in [-0.2, -0.15) is 4.98 Å². The fourth-order valence-corrected chi connectivity index (χ4v) is 6.21. The van der Waals surface area contributed by atoms with Crippen LogP contribution in [0.15, 0.2) is 29.4 Å². The van der Waals surface area contributed by atoms with Crippen LogP contribution >= 0.6 is 0 Å². The van der Waals surface area contributed by atoms with Crippen LogP contribution < -0.4 is 15.4 Å². The molecule has 1 aliphatic heterocycles. The Hall–Kier alpha value is -3.21. The highest BCUT2D eigenvalue weighted by atomic mass is 32.2. The Balaban J connectivity index is 1.51. The molecule has 1 aromatic heterocycles. The van der Waals surface area contributed by atoms with Crippen LogP contribution in [-0.4, -0.2) is 54.3 Å². The van der Waals surface area contributed by atoms with E-state index in [1.807, 2.05) is 31.2 Å². The highest BCUT2D eigenvalue weighted by Gasteiger charge is 2.32. The number of nitrogens with two attached hydrogens (primary N) is 1. The van der Waals surface area contributed by atoms with E-state index in [-0.39, 0.29) is 48.5 Å². The molecular weight excluding hydrogens is 484 g/mol. The van der Waals surface area contributed by atoms with Crippen LogP contribution in [0.25, 0.3) is 0 Å². The number of carbonyl (C=O) groups excluding carboxylic acids is 1. The van der Waals surface area contributed by atoms with Crippen molar-refractivity contribution in [3.05, 3.63) is 35.4 Å². The van der Waals surface area contributed by atoms with Crippen LogP contribution in [0, 0.1) is 5.92 Å². The van der Waals surface area contributed by atoms with Crippen LogP contribution in [0.3, 0.4) is 0 Å². The molecular formula is C25H32N4O6S. The molecule has 1 aromatic carbocycles. The van der Waals surface area contributed by atoms with E-state index in [1.54, 1.807) is 0 Å². The van der Waals surface area contributed by atoms with E-state index in [0.717, 1.165) is 31.2 Å². The Morgan fingerprint density at radius 1 is 1.17 bits per heavy atom. The van der Waals surface area contributed by atoms with Gasteiger partial charge < -0.3 is 20.5 Å². The van der Waals surface area contributed by atoms with Gasteiger partial charge in [-0.3, -0.25) is 9.59 Å². The van der Waals surface area contributed by atoms with Crippen molar-refractivity contribution in [2.45, 2.75) is 62.9 Å². The molecule has 194 valence electrons. The molecule has 0 unspecified atom stereocenters. The van der Waals surface area contributed by atoms with Crippen LogP contribution in [0.5, 0.6) is 5.88 Å². The fraction of sp³-hybridized carbons (Fsp3) is 0.520. The molecule has 10 nitrogen and oxygen atoms in total. The van der Waals surface area contributed by atoms with Crippen LogP contribution in [-0.2, 0) is 14.6 Å². The number of carboxylic acid groups (broad SMARTS) is 1. The van der Waals surface area contributed by atoms with E-state index in [0.29, 0.717) is 24.4 Å². The number of ether oxygens (including phenoxy) is 1. The van der Waals surface area contributed by atoms with Crippen LogP contribution in [0.2, 0.25) is 0 Å². The normalized spacial score (nSPS) is 20.4. The second-order valence-corrected chi connectivity index (χ2v) is 11.5. The number of sulfone groups is 1. The number of hydrogen-bond acceptors (Lipinski definition) is 8. The number of amides is 1. The molecule has 36 heavy (non-hydrogen) atoms. The average molecular weight is 517 g/mol. The average Bonchev–Trinajstić information content (AvgIpc) is 3.02. The van der Waals surface area contributed by atoms with Crippen molar-refractivity contribution in [2.75, 3.05) is 29.5 Å². The minimum absolute atomic E-state index is 0.0391. The van der Waals surface area contributed by atoms with Crippen molar-refractivity contribution in [2.24, 2.45) is 5.92 Å². The third-order valence-corrected chi connectivity index (χ3v) is 8.49. The minimum atomic E-state index is -3.73. The topological polar surface area (TPSA) is 153 Å². The van der Waals surface area contributed by atoms with Gasteiger partial charge in [0.1, 0.15) is 18.0 Å². The maximum Gasteiger partial charge on any atom is 0.303 e. The lowest BCUT2D eigenvalue weighted by Crippen LogP contribution is -2.33. The molecule has 0 spiro atoms. The SMILES string of the molecule is CCCCS(=O)(=O)c1nc(N)c2c(n1)OCCN(c1ccc([C@H]3CC[C@H](CC(=O)O)CC3)cc1)C2=O. The van der Waals surface area contributed by atoms with Crippen molar-refractivity contribution >= 4 is 33.2 Å². The first-order valence-electron chi connectivity index (χ1n) is 12.4. The summed E-state index contributed by atoms with van der Waals surface area (Å²) in [5.74, 6) is -1.01. The van der Waals surface area contributed by atoms with Gasteiger partial charge >= 0.3 is 5.97 Å². The molecule has 1 amide bonds. The summed E-state index contributed by atoms with van der Waals surface area (Å²) >= 11 is 0. The van der Waals surface area contributed by atoms with Crippen molar-refractivity contribution in [3.8, 4) is 5.88 Å². The Bertz CT molecular complexity index is 1220. The molecule has 2 aromatic rings. The molecule has 2 aliphatic rings. The summed E-state index contributed by atoms with van der Waals surface area (Å²) in [6, 6.07) is 7.76. The summed E-state index contributed by atoms with van der Waals surface area (Å²) in [4.78, 5) is 33.9. The lowest BCUT2D eigenvalue weighted by molar-refractivity contribution is -0.138. The lowest BCUT2D eigenvalue weighted by atomic mass is 9.77. The van der Waals surface area contributed by atoms with Crippen molar-refractivity contribution < 1.29 is 27.9 Å². The van der Waals surface area contributed by atoms with Gasteiger partial charge in [0.2, 0.25) is 15.7 Å². The van der Waals surface area contributed by atoms with E-state index >= 15 is 0 Å². The van der Waals surface area contributed by atoms with Crippen molar-refractivity contribution in [1.82, 2.24) is 9.97 Å². The molecule has 3 N–H and O–H groups in total. The summed E-state index contributed by atoms with van der Waals surface area (Å²) in [6.07, 6.45) is 5.08. The molecule has 0 atom stereocenters. The quantitative estimate of drug-likeness (QED) is 0.502. The molecule has 1 saturated carbocycles. The van der Waals surface area contributed by atoms with E-state index < -0.39 is 26.9 Å². The second kappa shape index (κ2) is 10.8. The number of anilines is 2. The lowest BCUT2D eigenvalue weighted by Gasteiger charge is -2.28. The maximum atomic E-state index is 13.4. The fourth-order valence-electron chi connectivity index (χ4n) is 4.90. The van der Waals surface area contributed by atoms with Gasteiger partial charge in [0, 0.05) is 12.1 Å². The molecule has 2 heterocycles. The van der Waals surface area contributed by atoms with Gasteiger partial charge in [-0.05, 0) is 61.6 Å². The summed E-state index contributed by atoms with van der Waals surface area (Å²) < 4.78 is 30.8. The number of nitrogens with zero attached hydrogens (tertiary/aromatic N) is 3. The summed E-state index contributed by atoms with van der Waals surface area (Å²) in [5.41, 5.74) is 7.84. The van der Waals surface area contributed by atoms with Gasteiger partial charge in [0.15, 0.2) is 0 Å². The van der Waals surface area contributed by atoms with Crippen LogP contribution in [0.4, 0.5) is 11.5 Å². The summed E-state index contributed by atoms with van der Waals surface area (Å²) in [7, 11) is -3.73. The van der Waals surface area contributed by atoms with E-state index in [4.69, 9.17) is 15.6 Å². The number of hydrogen-bond donors (Lipinski definition) is 2. The zero-order valence-corrected chi connectivity index (χ0v) is 21.2. The Labute approximate surface area is 210 Å². The van der Waals surface area contributed by atoms with E-state index in [1.165, 1.54) is 4.90 Å². The predicted molar refractivity (Wildman–Crippen MR) is 134 cm³/mol. The Kier molecular flexibility index (Phi) is 7.77. The minimum Gasteiger partial charge on any atom is -0.481 e. The Morgan fingerprint density at radius 2 is 1.86 bits per heavy atom. The van der Waals surface area contributed by atoms with Gasteiger partial charge in [-0.15, -0.1) is 0 Å². The first-order valence-corrected chi connectivity index (χ1v) is 14.0. The van der Waals surface area contributed by atoms with Crippen LogP contribution in [0.1, 0.15) is 73.7 Å². The summed E-state index contributed by atoms with van der Waals surface area (Å²) in [6.45, 7) is 2.25. The molecule has 1 fully saturated rings. The van der Waals surface area contributed by atoms with Gasteiger partial charge in [-0.1, -0.05) is 25.5 Å². The number of nitrogen functional groups attached to an aromatic ring is 1. The number of unbranched alkanes of at least 4 members (excludes halogenated alkanes) is 1. The predicted octanol–water partition coefficient (Wildman–Crippen LogP) is 3.42. The number of carbonyl (C=O) groups is 2. The zero-order chi connectivity index (χ0) is 25.9. The zero-order valence-electron chi connectivity index (χ0n) is 20.4. The number of fused-ring (bicyclic) bond motifs is 1. The molecule has 4 rings (SSSR count). The third-order valence-electron chi connectivity index (χ3n) is 6.93. The number of aliphatic carboxylic acids is 1. The van der Waals surface area contributed by atoms with E-state index in [9.17, 15) is 18.0 Å². The molecule has 1 aliphatic carbocycles. The van der Waals surface area contributed by atoms with Gasteiger partial charge in [0.25, 0.3) is 11.1 Å². The summed E-state index contributed by atoms with van der Waals surface area (Å²) in [5, 5.41) is 8.60. The molecule has 0 saturated heterocycles. The van der Waals surface area contributed by atoms with Gasteiger partial charge in [-0.25, -0.2) is 13.4 Å². The number of carboxylic acids is 1. The van der Waals surface area contributed by atoms with Gasteiger partial charge in [0.05, 0.1) is 12.3 Å². The van der Waals surface area contributed by atoms with E-state index in [2.05, 4.69) is 9.97 Å². The first-order chi connectivity index (χ1) is 17.2. The molecule has 0 bridgehead atoms. The second-order valence-electron chi connectivity index (χ2n) is 9.46.